The van der Waals surface area contributed by atoms with Crippen LogP contribution in [-0.2, 0) is 23.0 Å². The number of carbonyl (C=O) groups is 1. The lowest BCUT2D eigenvalue weighted by Gasteiger charge is -2.28. The zero-order valence-electron chi connectivity index (χ0n) is 17.5. The summed E-state index contributed by atoms with van der Waals surface area (Å²) in [5.41, 5.74) is 4.49. The van der Waals surface area contributed by atoms with E-state index in [-0.39, 0.29) is 11.9 Å². The van der Waals surface area contributed by atoms with Gasteiger partial charge in [-0.3, -0.25) is 4.79 Å². The van der Waals surface area contributed by atoms with Gasteiger partial charge < -0.3 is 5.32 Å². The number of aryl methyl sites for hydroxylation is 1. The Bertz CT molecular complexity index is 1250. The Morgan fingerprint density at radius 2 is 2.03 bits per heavy atom. The average Bonchev–Trinajstić information content (AvgIpc) is 3.09. The van der Waals surface area contributed by atoms with E-state index in [0.717, 1.165) is 22.2 Å². The van der Waals surface area contributed by atoms with Crippen LogP contribution in [0.5, 0.6) is 0 Å². The third-order valence-electron chi connectivity index (χ3n) is 5.44. The second kappa shape index (κ2) is 7.48. The molecule has 1 amide bonds. The first-order valence-corrected chi connectivity index (χ1v) is 11.7. The Hall–Kier alpha value is -2.78. The SMILES string of the molecule is Cc1nc2c(cnn2C(C)C)cc1C(=O)Nc1cccc2c1CCN(S(C)(=O)=O)C2. The second-order valence-corrected chi connectivity index (χ2v) is 9.94. The Kier molecular flexibility index (Phi) is 5.11. The Morgan fingerprint density at radius 1 is 1.27 bits per heavy atom. The lowest BCUT2D eigenvalue weighted by molar-refractivity contribution is 0.102. The molecule has 3 heterocycles. The van der Waals surface area contributed by atoms with Crippen LogP contribution in [0.25, 0.3) is 11.0 Å². The number of fused-ring (bicyclic) bond motifs is 2. The highest BCUT2D eigenvalue weighted by Gasteiger charge is 2.25. The van der Waals surface area contributed by atoms with Crippen molar-refractivity contribution in [2.45, 2.75) is 39.8 Å². The smallest absolute Gasteiger partial charge is 0.257 e. The van der Waals surface area contributed by atoms with Crippen molar-refractivity contribution >= 4 is 32.7 Å². The van der Waals surface area contributed by atoms with Crippen LogP contribution in [-0.4, -0.2) is 46.2 Å². The first-order valence-electron chi connectivity index (χ1n) is 9.87. The summed E-state index contributed by atoms with van der Waals surface area (Å²) >= 11 is 0. The molecule has 8 nitrogen and oxygen atoms in total. The maximum atomic E-state index is 13.0. The largest absolute Gasteiger partial charge is 0.322 e. The molecule has 0 aliphatic carbocycles. The fourth-order valence-electron chi connectivity index (χ4n) is 3.85. The van der Waals surface area contributed by atoms with Gasteiger partial charge in [0, 0.05) is 30.2 Å². The fraction of sp³-hybridized carbons (Fsp3) is 0.381. The molecule has 9 heteroatoms. The first kappa shape index (κ1) is 20.5. The van der Waals surface area contributed by atoms with Gasteiger partial charge in [-0.2, -0.15) is 9.40 Å². The van der Waals surface area contributed by atoms with Crippen LogP contribution in [0.2, 0.25) is 0 Å². The van der Waals surface area contributed by atoms with E-state index in [0.29, 0.717) is 36.5 Å². The van der Waals surface area contributed by atoms with Gasteiger partial charge in [0.1, 0.15) is 0 Å². The Morgan fingerprint density at radius 3 is 2.73 bits per heavy atom. The average molecular weight is 428 g/mol. The lowest BCUT2D eigenvalue weighted by atomic mass is 9.98. The van der Waals surface area contributed by atoms with E-state index < -0.39 is 10.0 Å². The Balaban J connectivity index is 1.63. The van der Waals surface area contributed by atoms with Gasteiger partial charge in [0.05, 0.1) is 23.7 Å². The summed E-state index contributed by atoms with van der Waals surface area (Å²) in [6, 6.07) is 7.59. The van der Waals surface area contributed by atoms with Gasteiger partial charge in [-0.1, -0.05) is 12.1 Å². The van der Waals surface area contributed by atoms with Crippen molar-refractivity contribution in [3.05, 3.63) is 52.8 Å². The van der Waals surface area contributed by atoms with Crippen LogP contribution in [0.3, 0.4) is 0 Å². The number of rotatable bonds is 4. The van der Waals surface area contributed by atoms with Gasteiger partial charge in [0.15, 0.2) is 5.65 Å². The molecule has 3 aromatic rings. The fourth-order valence-corrected chi connectivity index (χ4v) is 4.64. The van der Waals surface area contributed by atoms with Gasteiger partial charge in [0.2, 0.25) is 10.0 Å². The number of nitrogens with zero attached hydrogens (tertiary/aromatic N) is 4. The molecule has 0 saturated carbocycles. The highest BCUT2D eigenvalue weighted by atomic mass is 32.2. The zero-order chi connectivity index (χ0) is 21.6. The zero-order valence-corrected chi connectivity index (χ0v) is 18.3. The predicted molar refractivity (Wildman–Crippen MR) is 116 cm³/mol. The van der Waals surface area contributed by atoms with E-state index in [9.17, 15) is 13.2 Å². The van der Waals surface area contributed by atoms with E-state index in [1.807, 2.05) is 49.7 Å². The molecule has 0 atom stereocenters. The van der Waals surface area contributed by atoms with Crippen LogP contribution in [0.4, 0.5) is 5.69 Å². The second-order valence-electron chi connectivity index (χ2n) is 7.96. The molecule has 1 N–H and O–H groups in total. The van der Waals surface area contributed by atoms with Crippen molar-refractivity contribution in [2.75, 3.05) is 18.1 Å². The van der Waals surface area contributed by atoms with Crippen molar-refractivity contribution in [3.63, 3.8) is 0 Å². The molecule has 2 aromatic heterocycles. The number of aromatic nitrogens is 3. The first-order chi connectivity index (χ1) is 14.1. The Labute approximate surface area is 176 Å². The highest BCUT2D eigenvalue weighted by Crippen LogP contribution is 2.28. The summed E-state index contributed by atoms with van der Waals surface area (Å²) in [7, 11) is -3.25. The van der Waals surface area contributed by atoms with Crippen LogP contribution in [0.1, 0.15) is 47.1 Å². The minimum Gasteiger partial charge on any atom is -0.322 e. The molecule has 0 saturated heterocycles. The molecule has 158 valence electrons. The standard InChI is InChI=1S/C21H25N5O3S/c1-13(2)26-20-16(11-22-26)10-18(14(3)23-20)21(27)24-19-7-5-6-15-12-25(30(4,28)29)9-8-17(15)19/h5-7,10-11,13H,8-9,12H2,1-4H3,(H,24,27). The lowest BCUT2D eigenvalue weighted by Crippen LogP contribution is -2.35. The highest BCUT2D eigenvalue weighted by molar-refractivity contribution is 7.88. The van der Waals surface area contributed by atoms with E-state index >= 15 is 0 Å². The molecule has 4 rings (SSSR count). The molecule has 1 aliphatic heterocycles. The topological polar surface area (TPSA) is 97.2 Å². The molecule has 0 fully saturated rings. The van der Waals surface area contributed by atoms with Gasteiger partial charge >= 0.3 is 0 Å². The van der Waals surface area contributed by atoms with E-state index in [2.05, 4.69) is 15.4 Å². The van der Waals surface area contributed by atoms with Crippen molar-refractivity contribution in [2.24, 2.45) is 0 Å². The van der Waals surface area contributed by atoms with Crippen LogP contribution in [0.15, 0.2) is 30.5 Å². The molecular weight excluding hydrogens is 402 g/mol. The number of nitrogens with one attached hydrogen (secondary N) is 1. The minimum atomic E-state index is -3.25. The number of carbonyl (C=O) groups excluding carboxylic acids is 1. The molecule has 0 bridgehead atoms. The number of anilines is 1. The number of sulfonamides is 1. The number of hydrogen-bond donors (Lipinski definition) is 1. The molecule has 0 unspecified atom stereocenters. The van der Waals surface area contributed by atoms with Crippen LogP contribution >= 0.6 is 0 Å². The maximum absolute atomic E-state index is 13.0. The quantitative estimate of drug-likeness (QED) is 0.690. The van der Waals surface area contributed by atoms with E-state index in [1.165, 1.54) is 10.6 Å². The summed E-state index contributed by atoms with van der Waals surface area (Å²) in [5.74, 6) is -0.238. The third-order valence-corrected chi connectivity index (χ3v) is 6.69. The summed E-state index contributed by atoms with van der Waals surface area (Å²) in [5, 5.41) is 8.19. The summed E-state index contributed by atoms with van der Waals surface area (Å²) in [4.78, 5) is 17.7. The van der Waals surface area contributed by atoms with Crippen molar-refractivity contribution in [1.82, 2.24) is 19.1 Å². The van der Waals surface area contributed by atoms with Crippen LogP contribution < -0.4 is 5.32 Å². The molecule has 0 radical (unpaired) electrons. The van der Waals surface area contributed by atoms with Crippen molar-refractivity contribution in [3.8, 4) is 0 Å². The summed E-state index contributed by atoms with van der Waals surface area (Å²) in [6.07, 6.45) is 3.50. The summed E-state index contributed by atoms with van der Waals surface area (Å²) in [6.45, 7) is 6.61. The maximum Gasteiger partial charge on any atom is 0.257 e. The molecule has 1 aliphatic rings. The summed E-state index contributed by atoms with van der Waals surface area (Å²) < 4.78 is 27.0. The number of pyridine rings is 1. The van der Waals surface area contributed by atoms with E-state index in [1.54, 1.807) is 6.20 Å². The van der Waals surface area contributed by atoms with Crippen molar-refractivity contribution in [1.29, 1.82) is 0 Å². The van der Waals surface area contributed by atoms with E-state index in [4.69, 9.17) is 0 Å². The third kappa shape index (κ3) is 3.70. The van der Waals surface area contributed by atoms with Gasteiger partial charge in [-0.15, -0.1) is 0 Å². The van der Waals surface area contributed by atoms with Gasteiger partial charge in [-0.05, 0) is 50.5 Å². The molecular formula is C21H25N5O3S. The molecule has 0 spiro atoms. The minimum absolute atomic E-state index is 0.177. The number of amides is 1. The number of benzene rings is 1. The predicted octanol–water partition coefficient (Wildman–Crippen LogP) is 2.89. The van der Waals surface area contributed by atoms with Crippen molar-refractivity contribution < 1.29 is 13.2 Å². The monoisotopic (exact) mass is 427 g/mol. The van der Waals surface area contributed by atoms with Crippen LogP contribution in [0, 0.1) is 6.92 Å². The van der Waals surface area contributed by atoms with Gasteiger partial charge in [0.25, 0.3) is 5.91 Å². The molecule has 30 heavy (non-hydrogen) atoms. The number of hydrogen-bond acceptors (Lipinski definition) is 5. The normalized spacial score (nSPS) is 14.8. The van der Waals surface area contributed by atoms with Gasteiger partial charge in [-0.25, -0.2) is 18.1 Å². The molecule has 1 aromatic carbocycles.